The van der Waals surface area contributed by atoms with E-state index < -0.39 is 5.97 Å². The van der Waals surface area contributed by atoms with Crippen LogP contribution in [0.1, 0.15) is 23.7 Å². The number of phenolic OH excluding ortho intramolecular Hbond substituents is 1. The Hall–Kier alpha value is -2.04. The van der Waals surface area contributed by atoms with Crippen LogP contribution >= 0.6 is 0 Å². The number of hydrogen-bond acceptors (Lipinski definition) is 3. The second-order valence-electron chi connectivity index (χ2n) is 3.55. The molecule has 0 saturated carbocycles. The van der Waals surface area contributed by atoms with Gasteiger partial charge >= 0.3 is 5.97 Å². The Labute approximate surface area is 99.3 Å². The van der Waals surface area contributed by atoms with E-state index in [4.69, 9.17) is 5.11 Å². The Morgan fingerprint density at radius 1 is 1.29 bits per heavy atom. The molecule has 1 aromatic carbocycles. The smallest absolute Gasteiger partial charge is 0.305 e. The van der Waals surface area contributed by atoms with Gasteiger partial charge in [0.2, 0.25) is 0 Å². The van der Waals surface area contributed by atoms with Crippen molar-refractivity contribution in [1.82, 2.24) is 4.90 Å². The Bertz CT molecular complexity index is 417. The summed E-state index contributed by atoms with van der Waals surface area (Å²) in [6.07, 6.45) is -0.104. The number of carboxylic acid groups (broad SMARTS) is 1. The van der Waals surface area contributed by atoms with Gasteiger partial charge in [-0.25, -0.2) is 0 Å². The monoisotopic (exact) mass is 237 g/mol. The Morgan fingerprint density at radius 2 is 1.94 bits per heavy atom. The van der Waals surface area contributed by atoms with Gasteiger partial charge < -0.3 is 15.1 Å². The maximum absolute atomic E-state index is 12.0. The summed E-state index contributed by atoms with van der Waals surface area (Å²) in [5, 5.41) is 18.1. The highest BCUT2D eigenvalue weighted by atomic mass is 16.4. The third-order valence-electron chi connectivity index (χ3n) is 2.40. The standard InChI is InChI=1S/C12H15NO4/c1-2-13(8-7-11(15)16)12(17)9-5-3-4-6-10(9)14/h3-6,14H,2,7-8H2,1H3,(H,15,16). The molecule has 0 aliphatic heterocycles. The first-order valence-electron chi connectivity index (χ1n) is 5.35. The molecule has 0 spiro atoms. The van der Waals surface area contributed by atoms with Gasteiger partial charge in [0.25, 0.3) is 5.91 Å². The Balaban J connectivity index is 2.79. The van der Waals surface area contributed by atoms with Crippen LogP contribution < -0.4 is 0 Å². The van der Waals surface area contributed by atoms with E-state index in [2.05, 4.69) is 0 Å². The summed E-state index contributed by atoms with van der Waals surface area (Å²) in [5.41, 5.74) is 0.194. The molecule has 0 bridgehead atoms. The quantitative estimate of drug-likeness (QED) is 0.809. The van der Waals surface area contributed by atoms with Crippen molar-refractivity contribution in [2.24, 2.45) is 0 Å². The molecule has 5 nitrogen and oxygen atoms in total. The van der Waals surface area contributed by atoms with Crippen LogP contribution in [-0.2, 0) is 4.79 Å². The summed E-state index contributed by atoms with van der Waals surface area (Å²) >= 11 is 0. The van der Waals surface area contributed by atoms with Gasteiger partial charge in [0.1, 0.15) is 5.75 Å². The fourth-order valence-corrected chi connectivity index (χ4v) is 1.46. The molecule has 1 rings (SSSR count). The van der Waals surface area contributed by atoms with Gasteiger partial charge in [-0.3, -0.25) is 9.59 Å². The predicted molar refractivity (Wildman–Crippen MR) is 61.9 cm³/mol. The summed E-state index contributed by atoms with van der Waals surface area (Å²) in [4.78, 5) is 23.8. The summed E-state index contributed by atoms with van der Waals surface area (Å²) in [6.45, 7) is 2.30. The molecule has 0 aliphatic rings. The van der Waals surface area contributed by atoms with E-state index in [-0.39, 0.29) is 30.2 Å². The molecule has 2 N–H and O–H groups in total. The number of benzene rings is 1. The van der Waals surface area contributed by atoms with Crippen molar-refractivity contribution in [3.05, 3.63) is 29.8 Å². The molecule has 0 aliphatic carbocycles. The third kappa shape index (κ3) is 3.48. The van der Waals surface area contributed by atoms with Crippen LogP contribution in [0.3, 0.4) is 0 Å². The molecule has 0 fully saturated rings. The zero-order chi connectivity index (χ0) is 12.8. The van der Waals surface area contributed by atoms with Crippen molar-refractivity contribution in [2.45, 2.75) is 13.3 Å². The van der Waals surface area contributed by atoms with Gasteiger partial charge in [0.05, 0.1) is 12.0 Å². The maximum atomic E-state index is 12.0. The lowest BCUT2D eigenvalue weighted by atomic mass is 10.1. The molecular weight excluding hydrogens is 222 g/mol. The number of hydrogen-bond donors (Lipinski definition) is 2. The van der Waals surface area contributed by atoms with Crippen LogP contribution in [0.5, 0.6) is 5.75 Å². The molecule has 0 radical (unpaired) electrons. The summed E-state index contributed by atoms with van der Waals surface area (Å²) in [6, 6.07) is 6.22. The molecule has 92 valence electrons. The van der Waals surface area contributed by atoms with Crippen LogP contribution in [-0.4, -0.2) is 40.1 Å². The fourth-order valence-electron chi connectivity index (χ4n) is 1.46. The lowest BCUT2D eigenvalue weighted by Gasteiger charge is -2.20. The van der Waals surface area contributed by atoms with Crippen LogP contribution in [0.2, 0.25) is 0 Å². The fraction of sp³-hybridized carbons (Fsp3) is 0.333. The number of carboxylic acids is 1. The lowest BCUT2D eigenvalue weighted by Crippen LogP contribution is -2.32. The number of para-hydroxylation sites is 1. The van der Waals surface area contributed by atoms with Gasteiger partial charge in [-0.1, -0.05) is 12.1 Å². The molecule has 1 aromatic rings. The molecule has 0 heterocycles. The summed E-state index contributed by atoms with van der Waals surface area (Å²) < 4.78 is 0. The van der Waals surface area contributed by atoms with Gasteiger partial charge in [0, 0.05) is 13.1 Å². The summed E-state index contributed by atoms with van der Waals surface area (Å²) in [7, 11) is 0. The van der Waals surface area contributed by atoms with E-state index in [1.807, 2.05) is 0 Å². The van der Waals surface area contributed by atoms with Crippen molar-refractivity contribution in [2.75, 3.05) is 13.1 Å². The van der Waals surface area contributed by atoms with E-state index in [0.717, 1.165) is 0 Å². The third-order valence-corrected chi connectivity index (χ3v) is 2.40. The molecule has 0 unspecified atom stereocenters. The number of rotatable bonds is 5. The molecule has 0 atom stereocenters. The van der Waals surface area contributed by atoms with Gasteiger partial charge in [-0.15, -0.1) is 0 Å². The van der Waals surface area contributed by atoms with Crippen molar-refractivity contribution in [3.63, 3.8) is 0 Å². The SMILES string of the molecule is CCN(CCC(=O)O)C(=O)c1ccccc1O. The largest absolute Gasteiger partial charge is 0.507 e. The molecule has 1 amide bonds. The summed E-state index contributed by atoms with van der Waals surface area (Å²) in [5.74, 6) is -1.40. The number of carbonyl (C=O) groups excluding carboxylic acids is 1. The highest BCUT2D eigenvalue weighted by Crippen LogP contribution is 2.17. The van der Waals surface area contributed by atoms with Crippen LogP contribution in [0.25, 0.3) is 0 Å². The number of nitrogens with zero attached hydrogens (tertiary/aromatic N) is 1. The number of phenols is 1. The Morgan fingerprint density at radius 3 is 2.47 bits per heavy atom. The second kappa shape index (κ2) is 5.89. The molecular formula is C12H15NO4. The van der Waals surface area contributed by atoms with Crippen molar-refractivity contribution in [3.8, 4) is 5.75 Å². The molecule has 0 aromatic heterocycles. The first-order chi connectivity index (χ1) is 8.06. The van der Waals surface area contributed by atoms with E-state index in [1.54, 1.807) is 19.1 Å². The zero-order valence-electron chi connectivity index (χ0n) is 9.59. The zero-order valence-corrected chi connectivity index (χ0v) is 9.59. The van der Waals surface area contributed by atoms with Crippen LogP contribution in [0.15, 0.2) is 24.3 Å². The number of aliphatic carboxylic acids is 1. The van der Waals surface area contributed by atoms with Gasteiger partial charge in [-0.2, -0.15) is 0 Å². The van der Waals surface area contributed by atoms with E-state index in [9.17, 15) is 14.7 Å². The topological polar surface area (TPSA) is 77.8 Å². The van der Waals surface area contributed by atoms with Crippen molar-refractivity contribution in [1.29, 1.82) is 0 Å². The second-order valence-corrected chi connectivity index (χ2v) is 3.55. The van der Waals surface area contributed by atoms with E-state index in [1.165, 1.54) is 17.0 Å². The number of amides is 1. The van der Waals surface area contributed by atoms with Gasteiger partial charge in [-0.05, 0) is 19.1 Å². The average Bonchev–Trinajstić information content (AvgIpc) is 2.29. The first-order valence-corrected chi connectivity index (χ1v) is 5.35. The molecule has 5 heteroatoms. The number of carbonyl (C=O) groups is 2. The lowest BCUT2D eigenvalue weighted by molar-refractivity contribution is -0.137. The minimum Gasteiger partial charge on any atom is -0.507 e. The normalized spacial score (nSPS) is 9.94. The first kappa shape index (κ1) is 13.0. The minimum atomic E-state index is -0.950. The van der Waals surface area contributed by atoms with Gasteiger partial charge in [0.15, 0.2) is 0 Å². The van der Waals surface area contributed by atoms with Crippen LogP contribution in [0.4, 0.5) is 0 Å². The van der Waals surface area contributed by atoms with Crippen LogP contribution in [0, 0.1) is 0 Å². The van der Waals surface area contributed by atoms with Crippen molar-refractivity contribution >= 4 is 11.9 Å². The van der Waals surface area contributed by atoms with E-state index >= 15 is 0 Å². The highest BCUT2D eigenvalue weighted by molar-refractivity contribution is 5.96. The number of aromatic hydroxyl groups is 1. The molecule has 17 heavy (non-hydrogen) atoms. The molecule has 0 saturated heterocycles. The minimum absolute atomic E-state index is 0.0914. The maximum Gasteiger partial charge on any atom is 0.305 e. The van der Waals surface area contributed by atoms with E-state index in [0.29, 0.717) is 6.54 Å². The Kier molecular flexibility index (Phi) is 4.51. The highest BCUT2D eigenvalue weighted by Gasteiger charge is 2.17. The average molecular weight is 237 g/mol. The van der Waals surface area contributed by atoms with Crippen molar-refractivity contribution < 1.29 is 19.8 Å². The predicted octanol–water partition coefficient (Wildman–Crippen LogP) is 1.33.